The minimum absolute atomic E-state index is 0.181. The number of imidazole rings is 1. The van der Waals surface area contributed by atoms with Crippen LogP contribution in [0.15, 0.2) is 53.7 Å². The number of hydrogen-bond donors (Lipinski definition) is 1. The highest BCUT2D eigenvalue weighted by Gasteiger charge is 2.37. The van der Waals surface area contributed by atoms with Crippen molar-refractivity contribution in [3.05, 3.63) is 59.3 Å². The lowest BCUT2D eigenvalue weighted by atomic mass is 9.85. The van der Waals surface area contributed by atoms with E-state index in [0.29, 0.717) is 12.2 Å². The number of anilines is 1. The maximum Gasteiger partial charge on any atom is 0.209 e. The summed E-state index contributed by atoms with van der Waals surface area (Å²) < 4.78 is 13.2. The summed E-state index contributed by atoms with van der Waals surface area (Å²) in [7, 11) is 3.27. The summed E-state index contributed by atoms with van der Waals surface area (Å²) in [5.41, 5.74) is 4.59. The van der Waals surface area contributed by atoms with Crippen LogP contribution in [0.1, 0.15) is 30.9 Å². The Morgan fingerprint density at radius 1 is 1.11 bits per heavy atom. The van der Waals surface area contributed by atoms with Crippen LogP contribution in [0.2, 0.25) is 0 Å². The summed E-state index contributed by atoms with van der Waals surface area (Å²) in [6, 6.07) is 13.5. The fourth-order valence-corrected chi connectivity index (χ4v) is 4.31. The lowest BCUT2D eigenvalue weighted by molar-refractivity contribution is -0.116. The Labute approximate surface area is 162 Å². The predicted molar refractivity (Wildman–Crippen MR) is 107 cm³/mol. The van der Waals surface area contributed by atoms with Crippen LogP contribution in [0, 0.1) is 0 Å². The number of nitrogens with zero attached hydrogens (tertiary/aromatic N) is 2. The second-order valence-corrected chi connectivity index (χ2v) is 7.10. The van der Waals surface area contributed by atoms with Crippen molar-refractivity contribution in [2.24, 2.45) is 0 Å². The van der Waals surface area contributed by atoms with Crippen LogP contribution in [0.4, 0.5) is 5.95 Å². The number of ketones is 1. The first-order valence-corrected chi connectivity index (χ1v) is 9.43. The molecule has 1 aliphatic carbocycles. The molecule has 0 saturated heterocycles. The maximum absolute atomic E-state index is 13.0. The molecule has 0 amide bonds. The molecule has 1 aromatic heterocycles. The van der Waals surface area contributed by atoms with E-state index in [4.69, 9.17) is 14.5 Å². The molecule has 0 saturated carbocycles. The van der Waals surface area contributed by atoms with Crippen molar-refractivity contribution in [3.63, 3.8) is 0 Å². The molecule has 1 N–H and O–H groups in total. The van der Waals surface area contributed by atoms with E-state index < -0.39 is 0 Å². The minimum atomic E-state index is -0.285. The van der Waals surface area contributed by atoms with E-state index in [1.165, 1.54) is 0 Å². The van der Waals surface area contributed by atoms with Gasteiger partial charge in [-0.15, -0.1) is 0 Å². The van der Waals surface area contributed by atoms with Gasteiger partial charge in [-0.2, -0.15) is 0 Å². The van der Waals surface area contributed by atoms with Gasteiger partial charge >= 0.3 is 0 Å². The van der Waals surface area contributed by atoms with Crippen LogP contribution in [-0.4, -0.2) is 29.6 Å². The zero-order valence-electron chi connectivity index (χ0n) is 15.9. The molecule has 0 radical (unpaired) electrons. The van der Waals surface area contributed by atoms with Gasteiger partial charge in [0.25, 0.3) is 0 Å². The molecular weight excluding hydrogens is 354 g/mol. The van der Waals surface area contributed by atoms with E-state index in [1.54, 1.807) is 14.2 Å². The van der Waals surface area contributed by atoms with Crippen molar-refractivity contribution >= 4 is 22.8 Å². The third-order valence-corrected chi connectivity index (χ3v) is 5.58. The standard InChI is InChI=1S/C22H21N3O3/c1-27-13-10-11-14(19(12-13)28-2)21-20-16(7-5-9-18(20)26)24-22-23-15-6-3-4-8-17(15)25(21)22/h3-4,6,8,10-12,21H,5,7,9H2,1-2H3,(H,23,24)/t21-/m1/s1. The Balaban J connectivity index is 1.81. The van der Waals surface area contributed by atoms with Crippen LogP contribution >= 0.6 is 0 Å². The highest BCUT2D eigenvalue weighted by Crippen LogP contribution is 2.45. The summed E-state index contributed by atoms with van der Waals surface area (Å²) in [6.07, 6.45) is 2.27. The normalized spacial score (nSPS) is 18.5. The van der Waals surface area contributed by atoms with E-state index in [1.807, 2.05) is 42.5 Å². The molecule has 0 fully saturated rings. The number of rotatable bonds is 3. The predicted octanol–water partition coefficient (Wildman–Crippen LogP) is 4.08. The average molecular weight is 375 g/mol. The molecule has 0 spiro atoms. The van der Waals surface area contributed by atoms with Crippen molar-refractivity contribution in [3.8, 4) is 11.5 Å². The highest BCUT2D eigenvalue weighted by molar-refractivity contribution is 6.00. The van der Waals surface area contributed by atoms with Gasteiger partial charge in [-0.1, -0.05) is 12.1 Å². The van der Waals surface area contributed by atoms with Crippen LogP contribution in [0.25, 0.3) is 11.0 Å². The number of ether oxygens (including phenoxy) is 2. The third-order valence-electron chi connectivity index (χ3n) is 5.58. The molecule has 1 atom stereocenters. The zero-order chi connectivity index (χ0) is 19.3. The van der Waals surface area contributed by atoms with Gasteiger partial charge in [0, 0.05) is 29.3 Å². The number of Topliss-reactive ketones (excluding diaryl/α,β-unsaturated/α-hetero) is 1. The molecule has 6 heteroatoms. The Kier molecular flexibility index (Phi) is 3.86. The number of nitrogens with one attached hydrogen (secondary N) is 1. The van der Waals surface area contributed by atoms with E-state index in [9.17, 15) is 4.79 Å². The highest BCUT2D eigenvalue weighted by atomic mass is 16.5. The molecule has 0 bridgehead atoms. The average Bonchev–Trinajstić information content (AvgIpc) is 3.10. The molecule has 2 aliphatic rings. The Morgan fingerprint density at radius 3 is 2.79 bits per heavy atom. The molecule has 2 aromatic carbocycles. The van der Waals surface area contributed by atoms with Gasteiger partial charge in [-0.25, -0.2) is 4.98 Å². The molecule has 142 valence electrons. The summed E-state index contributed by atoms with van der Waals surface area (Å²) in [4.78, 5) is 17.8. The van der Waals surface area contributed by atoms with Crippen molar-refractivity contribution < 1.29 is 14.3 Å². The van der Waals surface area contributed by atoms with Crippen LogP contribution in [0.5, 0.6) is 11.5 Å². The van der Waals surface area contributed by atoms with E-state index in [-0.39, 0.29) is 11.8 Å². The molecule has 6 nitrogen and oxygen atoms in total. The number of methoxy groups -OCH3 is 2. The SMILES string of the molecule is COc1ccc([C@@H]2C3=C(CCCC3=O)Nc3nc4ccccc4n32)c(OC)c1. The molecule has 0 unspecified atom stereocenters. The second-order valence-electron chi connectivity index (χ2n) is 7.10. The fourth-order valence-electron chi connectivity index (χ4n) is 4.31. The summed E-state index contributed by atoms with van der Waals surface area (Å²) >= 11 is 0. The Hall–Kier alpha value is -3.28. The number of carbonyl (C=O) groups excluding carboxylic acids is 1. The van der Waals surface area contributed by atoms with E-state index in [0.717, 1.165) is 52.4 Å². The number of carbonyl (C=O) groups is 1. The molecule has 28 heavy (non-hydrogen) atoms. The van der Waals surface area contributed by atoms with E-state index in [2.05, 4.69) is 9.88 Å². The van der Waals surface area contributed by atoms with Crippen molar-refractivity contribution in [1.29, 1.82) is 0 Å². The molecule has 3 aromatic rings. The topological polar surface area (TPSA) is 65.4 Å². The monoisotopic (exact) mass is 375 g/mol. The first kappa shape index (κ1) is 16.9. The number of allylic oxidation sites excluding steroid dienone is 2. The summed E-state index contributed by atoms with van der Waals surface area (Å²) in [5, 5.41) is 3.42. The number of benzene rings is 2. The molecule has 2 heterocycles. The van der Waals surface area contributed by atoms with Gasteiger partial charge in [-0.05, 0) is 37.1 Å². The Bertz CT molecular complexity index is 1130. The first-order valence-electron chi connectivity index (χ1n) is 9.43. The van der Waals surface area contributed by atoms with Gasteiger partial charge in [0.1, 0.15) is 11.5 Å². The molecule has 5 rings (SSSR count). The number of aromatic nitrogens is 2. The van der Waals surface area contributed by atoms with Crippen molar-refractivity contribution in [1.82, 2.24) is 9.55 Å². The Morgan fingerprint density at radius 2 is 1.96 bits per heavy atom. The van der Waals surface area contributed by atoms with Crippen molar-refractivity contribution in [2.45, 2.75) is 25.3 Å². The lowest BCUT2D eigenvalue weighted by Crippen LogP contribution is -2.31. The van der Waals surface area contributed by atoms with Gasteiger partial charge in [0.05, 0.1) is 31.3 Å². The lowest BCUT2D eigenvalue weighted by Gasteiger charge is -2.34. The zero-order valence-corrected chi connectivity index (χ0v) is 15.9. The largest absolute Gasteiger partial charge is 0.497 e. The van der Waals surface area contributed by atoms with Crippen molar-refractivity contribution in [2.75, 3.05) is 19.5 Å². The summed E-state index contributed by atoms with van der Waals surface area (Å²) in [6.45, 7) is 0. The number of hydrogen-bond acceptors (Lipinski definition) is 5. The quantitative estimate of drug-likeness (QED) is 0.747. The molecular formula is C22H21N3O3. The fraction of sp³-hybridized carbons (Fsp3) is 0.273. The van der Waals surface area contributed by atoms with E-state index >= 15 is 0 Å². The van der Waals surface area contributed by atoms with Crippen LogP contribution in [-0.2, 0) is 4.79 Å². The first-order chi connectivity index (χ1) is 13.7. The smallest absolute Gasteiger partial charge is 0.209 e. The number of para-hydroxylation sites is 2. The minimum Gasteiger partial charge on any atom is -0.497 e. The maximum atomic E-state index is 13.0. The third kappa shape index (κ3) is 2.41. The van der Waals surface area contributed by atoms with Gasteiger partial charge < -0.3 is 14.8 Å². The number of fused-ring (bicyclic) bond motifs is 3. The summed E-state index contributed by atoms with van der Waals surface area (Å²) in [5.74, 6) is 2.35. The van der Waals surface area contributed by atoms with Gasteiger partial charge in [0.15, 0.2) is 5.78 Å². The molecule has 1 aliphatic heterocycles. The van der Waals surface area contributed by atoms with Crippen LogP contribution in [0.3, 0.4) is 0 Å². The second kappa shape index (κ2) is 6.41. The van der Waals surface area contributed by atoms with Gasteiger partial charge in [-0.3, -0.25) is 9.36 Å². The van der Waals surface area contributed by atoms with Crippen LogP contribution < -0.4 is 14.8 Å². The van der Waals surface area contributed by atoms with Gasteiger partial charge in [0.2, 0.25) is 5.95 Å².